The monoisotopic (exact) mass is 272 g/mol. The molecule has 0 spiro atoms. The lowest BCUT2D eigenvalue weighted by Crippen LogP contribution is -2.15. The number of rotatable bonds is 5. The number of carbonyl (C=O) groups excluding carboxylic acids is 1. The van der Waals surface area contributed by atoms with Gasteiger partial charge in [-0.2, -0.15) is 0 Å². The second-order valence-corrected chi connectivity index (χ2v) is 4.74. The van der Waals surface area contributed by atoms with Crippen LogP contribution in [0.1, 0.15) is 27.0 Å². The zero-order chi connectivity index (χ0) is 14.5. The first kappa shape index (κ1) is 14.2. The summed E-state index contributed by atoms with van der Waals surface area (Å²) >= 11 is 0. The Morgan fingerprint density at radius 1 is 1.20 bits per heavy atom. The Kier molecular flexibility index (Phi) is 4.48. The van der Waals surface area contributed by atoms with Crippen molar-refractivity contribution in [2.24, 2.45) is 5.73 Å². The van der Waals surface area contributed by atoms with Crippen LogP contribution in [-0.2, 0) is 13.1 Å². The van der Waals surface area contributed by atoms with E-state index in [0.29, 0.717) is 18.7 Å². The highest BCUT2D eigenvalue weighted by atomic mass is 19.1. The number of halogens is 1. The molecule has 0 aliphatic carbocycles. The second kappa shape index (κ2) is 6.30. The molecule has 104 valence electrons. The predicted octanol–water partition coefficient (Wildman–Crippen LogP) is 2.52. The van der Waals surface area contributed by atoms with Crippen LogP contribution in [0.2, 0.25) is 0 Å². The molecule has 2 aromatic rings. The molecule has 0 saturated heterocycles. The lowest BCUT2D eigenvalue weighted by Gasteiger charge is -2.08. The third-order valence-electron chi connectivity index (χ3n) is 3.16. The first-order chi connectivity index (χ1) is 9.56. The lowest BCUT2D eigenvalue weighted by molar-refractivity contribution is 0.1000. The Bertz CT molecular complexity index is 626. The number of primary amides is 1. The summed E-state index contributed by atoms with van der Waals surface area (Å²) in [6, 6.07) is 11.9. The number of aryl methyl sites for hydroxylation is 1. The van der Waals surface area contributed by atoms with Crippen molar-refractivity contribution in [1.29, 1.82) is 0 Å². The topological polar surface area (TPSA) is 55.1 Å². The van der Waals surface area contributed by atoms with Gasteiger partial charge in [-0.3, -0.25) is 4.79 Å². The summed E-state index contributed by atoms with van der Waals surface area (Å²) < 4.78 is 13.0. The number of nitrogens with two attached hydrogens (primary N) is 1. The molecular formula is C16H17FN2O. The molecule has 0 aliphatic heterocycles. The molecule has 2 rings (SSSR count). The van der Waals surface area contributed by atoms with Gasteiger partial charge in [0, 0.05) is 18.7 Å². The number of hydrogen-bond donors (Lipinski definition) is 2. The van der Waals surface area contributed by atoms with E-state index in [4.69, 9.17) is 5.73 Å². The number of amides is 1. The minimum atomic E-state index is -0.429. The summed E-state index contributed by atoms with van der Waals surface area (Å²) in [7, 11) is 0. The molecule has 0 unspecified atom stereocenters. The van der Waals surface area contributed by atoms with E-state index in [0.717, 1.165) is 16.7 Å². The number of hydrogen-bond acceptors (Lipinski definition) is 2. The second-order valence-electron chi connectivity index (χ2n) is 4.74. The summed E-state index contributed by atoms with van der Waals surface area (Å²) in [6.45, 7) is 3.15. The van der Waals surface area contributed by atoms with Crippen LogP contribution in [0.3, 0.4) is 0 Å². The van der Waals surface area contributed by atoms with Crippen LogP contribution in [0.4, 0.5) is 4.39 Å². The Morgan fingerprint density at radius 2 is 2.00 bits per heavy atom. The van der Waals surface area contributed by atoms with Gasteiger partial charge in [0.2, 0.25) is 5.91 Å². The largest absolute Gasteiger partial charge is 0.366 e. The number of benzene rings is 2. The first-order valence-electron chi connectivity index (χ1n) is 6.41. The van der Waals surface area contributed by atoms with Crippen molar-refractivity contribution < 1.29 is 9.18 Å². The average molecular weight is 272 g/mol. The van der Waals surface area contributed by atoms with Gasteiger partial charge in [0.25, 0.3) is 0 Å². The fourth-order valence-corrected chi connectivity index (χ4v) is 2.03. The maximum atomic E-state index is 13.0. The molecule has 4 heteroatoms. The minimum absolute atomic E-state index is 0.222. The fourth-order valence-electron chi connectivity index (χ4n) is 2.03. The Balaban J connectivity index is 1.96. The average Bonchev–Trinajstić information content (AvgIpc) is 2.41. The maximum Gasteiger partial charge on any atom is 0.248 e. The van der Waals surface area contributed by atoms with E-state index < -0.39 is 5.91 Å². The van der Waals surface area contributed by atoms with Gasteiger partial charge >= 0.3 is 0 Å². The molecule has 0 aliphatic rings. The summed E-state index contributed by atoms with van der Waals surface area (Å²) in [5.41, 5.74) is 8.70. The molecule has 3 nitrogen and oxygen atoms in total. The SMILES string of the molecule is Cc1cc(F)ccc1CNCc1cccc(C(N)=O)c1. The van der Waals surface area contributed by atoms with Crippen molar-refractivity contribution in [2.45, 2.75) is 20.0 Å². The smallest absolute Gasteiger partial charge is 0.248 e. The van der Waals surface area contributed by atoms with Crippen LogP contribution >= 0.6 is 0 Å². The molecule has 0 bridgehead atoms. The van der Waals surface area contributed by atoms with Crippen molar-refractivity contribution in [3.05, 3.63) is 70.5 Å². The van der Waals surface area contributed by atoms with Crippen molar-refractivity contribution in [3.63, 3.8) is 0 Å². The van der Waals surface area contributed by atoms with E-state index in [-0.39, 0.29) is 5.82 Å². The van der Waals surface area contributed by atoms with Crippen LogP contribution in [-0.4, -0.2) is 5.91 Å². The third kappa shape index (κ3) is 3.65. The highest BCUT2D eigenvalue weighted by Crippen LogP contribution is 2.10. The van der Waals surface area contributed by atoms with E-state index in [2.05, 4.69) is 5.32 Å². The Morgan fingerprint density at radius 3 is 2.70 bits per heavy atom. The van der Waals surface area contributed by atoms with Gasteiger partial charge < -0.3 is 11.1 Å². The van der Waals surface area contributed by atoms with Crippen molar-refractivity contribution in [3.8, 4) is 0 Å². The summed E-state index contributed by atoms with van der Waals surface area (Å²) in [5, 5.41) is 3.27. The Labute approximate surface area is 117 Å². The van der Waals surface area contributed by atoms with E-state index in [1.165, 1.54) is 12.1 Å². The van der Waals surface area contributed by atoms with E-state index in [1.807, 2.05) is 13.0 Å². The van der Waals surface area contributed by atoms with Gasteiger partial charge in [-0.05, 0) is 47.9 Å². The summed E-state index contributed by atoms with van der Waals surface area (Å²) in [4.78, 5) is 11.1. The van der Waals surface area contributed by atoms with Crippen molar-refractivity contribution in [1.82, 2.24) is 5.32 Å². The number of nitrogens with one attached hydrogen (secondary N) is 1. The van der Waals surface area contributed by atoms with Crippen molar-refractivity contribution >= 4 is 5.91 Å². The minimum Gasteiger partial charge on any atom is -0.366 e. The molecule has 0 fully saturated rings. The Hall–Kier alpha value is -2.20. The zero-order valence-corrected chi connectivity index (χ0v) is 11.3. The molecule has 0 atom stereocenters. The first-order valence-corrected chi connectivity index (χ1v) is 6.41. The van der Waals surface area contributed by atoms with Gasteiger partial charge in [0.1, 0.15) is 5.82 Å². The highest BCUT2D eigenvalue weighted by molar-refractivity contribution is 5.92. The molecule has 20 heavy (non-hydrogen) atoms. The molecular weight excluding hydrogens is 255 g/mol. The molecule has 0 heterocycles. The van der Waals surface area contributed by atoms with Gasteiger partial charge in [0.05, 0.1) is 0 Å². The highest BCUT2D eigenvalue weighted by Gasteiger charge is 2.02. The van der Waals surface area contributed by atoms with Gasteiger partial charge in [-0.1, -0.05) is 18.2 Å². The summed E-state index contributed by atoms with van der Waals surface area (Å²) in [5.74, 6) is -0.651. The molecule has 0 radical (unpaired) electrons. The van der Waals surface area contributed by atoms with Crippen LogP contribution < -0.4 is 11.1 Å². The van der Waals surface area contributed by atoms with Crippen LogP contribution in [0.25, 0.3) is 0 Å². The lowest BCUT2D eigenvalue weighted by atomic mass is 10.1. The van der Waals surface area contributed by atoms with E-state index >= 15 is 0 Å². The predicted molar refractivity (Wildman–Crippen MR) is 76.6 cm³/mol. The fraction of sp³-hybridized carbons (Fsp3) is 0.188. The standard InChI is InChI=1S/C16H17FN2O/c1-11-7-15(17)6-5-14(11)10-19-9-12-3-2-4-13(8-12)16(18)20/h2-8,19H,9-10H2,1H3,(H2,18,20). The molecule has 1 amide bonds. The number of carbonyl (C=O) groups is 1. The van der Waals surface area contributed by atoms with Gasteiger partial charge in [-0.25, -0.2) is 4.39 Å². The zero-order valence-electron chi connectivity index (χ0n) is 11.3. The van der Waals surface area contributed by atoms with E-state index in [1.54, 1.807) is 24.3 Å². The van der Waals surface area contributed by atoms with E-state index in [9.17, 15) is 9.18 Å². The third-order valence-corrected chi connectivity index (χ3v) is 3.16. The van der Waals surface area contributed by atoms with Crippen molar-refractivity contribution in [2.75, 3.05) is 0 Å². The van der Waals surface area contributed by atoms with Crippen LogP contribution in [0, 0.1) is 12.7 Å². The van der Waals surface area contributed by atoms with Gasteiger partial charge in [-0.15, -0.1) is 0 Å². The molecule has 0 saturated carbocycles. The quantitative estimate of drug-likeness (QED) is 0.878. The summed E-state index contributed by atoms with van der Waals surface area (Å²) in [6.07, 6.45) is 0. The molecule has 2 aromatic carbocycles. The van der Waals surface area contributed by atoms with Gasteiger partial charge in [0.15, 0.2) is 0 Å². The normalized spacial score (nSPS) is 10.5. The molecule has 0 aromatic heterocycles. The van der Waals surface area contributed by atoms with Crippen LogP contribution in [0.5, 0.6) is 0 Å². The molecule has 3 N–H and O–H groups in total. The van der Waals surface area contributed by atoms with Crippen LogP contribution in [0.15, 0.2) is 42.5 Å². The maximum absolute atomic E-state index is 13.0.